The number of ether oxygens (including phenoxy) is 1. The zero-order valence-electron chi connectivity index (χ0n) is 14.7. The number of rotatable bonds is 7. The van der Waals surface area contributed by atoms with Gasteiger partial charge < -0.3 is 10.1 Å². The molecule has 1 amide bonds. The minimum Gasteiger partial charge on any atom is -0.494 e. The Morgan fingerprint density at radius 3 is 2.58 bits per heavy atom. The summed E-state index contributed by atoms with van der Waals surface area (Å²) < 4.78 is 45.9. The fourth-order valence-corrected chi connectivity index (χ4v) is 3.28. The van der Waals surface area contributed by atoms with Gasteiger partial charge in [-0.15, -0.1) is 0 Å². The fourth-order valence-electron chi connectivity index (χ4n) is 2.18. The smallest absolute Gasteiger partial charge is 0.262 e. The molecule has 2 aromatic rings. The van der Waals surface area contributed by atoms with Gasteiger partial charge in [0, 0.05) is 12.1 Å². The fraction of sp³-hybridized carbons (Fsp3) is 0.278. The van der Waals surface area contributed by atoms with E-state index in [4.69, 9.17) is 4.74 Å². The van der Waals surface area contributed by atoms with E-state index in [0.29, 0.717) is 0 Å². The first kappa shape index (κ1) is 19.7. The van der Waals surface area contributed by atoms with Crippen LogP contribution in [0.4, 0.5) is 10.1 Å². The van der Waals surface area contributed by atoms with Crippen LogP contribution in [0.2, 0.25) is 0 Å². The number of anilines is 1. The van der Waals surface area contributed by atoms with E-state index in [1.807, 2.05) is 13.8 Å². The summed E-state index contributed by atoms with van der Waals surface area (Å²) in [5.41, 5.74) is 0.335. The molecule has 0 spiro atoms. The van der Waals surface area contributed by atoms with Crippen LogP contribution in [0.3, 0.4) is 0 Å². The first-order valence-corrected chi connectivity index (χ1v) is 9.53. The predicted molar refractivity (Wildman–Crippen MR) is 97.4 cm³/mol. The normalized spacial score (nSPS) is 12.3. The molecule has 0 aromatic heterocycles. The lowest BCUT2D eigenvalue weighted by Crippen LogP contribution is -2.32. The number of carbonyl (C=O) groups excluding carboxylic acids is 1. The Labute approximate surface area is 152 Å². The van der Waals surface area contributed by atoms with E-state index < -0.39 is 15.8 Å². The maximum atomic E-state index is 13.5. The van der Waals surface area contributed by atoms with Gasteiger partial charge in [0.1, 0.15) is 0 Å². The molecule has 26 heavy (non-hydrogen) atoms. The molecule has 2 aromatic carbocycles. The van der Waals surface area contributed by atoms with Crippen LogP contribution in [0, 0.1) is 5.82 Å². The van der Waals surface area contributed by atoms with Crippen LogP contribution in [0.5, 0.6) is 5.75 Å². The van der Waals surface area contributed by atoms with Crippen molar-refractivity contribution >= 4 is 21.6 Å². The molecule has 0 bridgehead atoms. The second kappa shape index (κ2) is 8.18. The molecular weight excluding hydrogens is 359 g/mol. The Morgan fingerprint density at radius 2 is 1.92 bits per heavy atom. The van der Waals surface area contributed by atoms with Crippen LogP contribution in [-0.4, -0.2) is 27.5 Å². The van der Waals surface area contributed by atoms with Crippen molar-refractivity contribution in [2.75, 3.05) is 11.8 Å². The van der Waals surface area contributed by atoms with Gasteiger partial charge in [0.25, 0.3) is 15.9 Å². The van der Waals surface area contributed by atoms with Crippen molar-refractivity contribution in [2.45, 2.75) is 31.2 Å². The van der Waals surface area contributed by atoms with Crippen molar-refractivity contribution in [3.8, 4) is 5.75 Å². The molecule has 0 aliphatic rings. The molecule has 0 saturated carbocycles. The van der Waals surface area contributed by atoms with Crippen molar-refractivity contribution in [2.24, 2.45) is 0 Å². The summed E-state index contributed by atoms with van der Waals surface area (Å²) in [6.45, 7) is 3.79. The maximum absolute atomic E-state index is 13.5. The lowest BCUT2D eigenvalue weighted by atomic mass is 10.1. The second-order valence-corrected chi connectivity index (χ2v) is 7.41. The largest absolute Gasteiger partial charge is 0.494 e. The molecule has 0 saturated heterocycles. The molecule has 0 heterocycles. The summed E-state index contributed by atoms with van der Waals surface area (Å²) in [6, 6.07) is 9.45. The minimum absolute atomic E-state index is 0.0477. The third-order valence-electron chi connectivity index (χ3n) is 3.84. The van der Waals surface area contributed by atoms with Gasteiger partial charge >= 0.3 is 0 Å². The molecule has 6 nitrogen and oxygen atoms in total. The molecule has 0 fully saturated rings. The summed E-state index contributed by atoms with van der Waals surface area (Å²) in [7, 11) is -2.78. The maximum Gasteiger partial charge on any atom is 0.262 e. The van der Waals surface area contributed by atoms with Gasteiger partial charge in [-0.2, -0.15) is 0 Å². The Hall–Kier alpha value is -2.61. The van der Waals surface area contributed by atoms with Crippen LogP contribution in [-0.2, 0) is 10.0 Å². The molecule has 0 unspecified atom stereocenters. The molecule has 2 N–H and O–H groups in total. The molecule has 8 heteroatoms. The van der Waals surface area contributed by atoms with Crippen LogP contribution >= 0.6 is 0 Å². The highest BCUT2D eigenvalue weighted by atomic mass is 32.2. The summed E-state index contributed by atoms with van der Waals surface area (Å²) in [4.78, 5) is 12.2. The van der Waals surface area contributed by atoms with Gasteiger partial charge in [0.2, 0.25) is 0 Å². The summed E-state index contributed by atoms with van der Waals surface area (Å²) in [5.74, 6) is -1.23. The molecule has 1 atom stereocenters. The number of benzene rings is 2. The minimum atomic E-state index is -4.03. The lowest BCUT2D eigenvalue weighted by Gasteiger charge is -2.15. The number of para-hydroxylation sites is 1. The topological polar surface area (TPSA) is 84.5 Å². The van der Waals surface area contributed by atoms with E-state index in [1.165, 1.54) is 19.2 Å². The highest BCUT2D eigenvalue weighted by Gasteiger charge is 2.20. The molecule has 0 aliphatic carbocycles. The van der Waals surface area contributed by atoms with Gasteiger partial charge in [-0.1, -0.05) is 19.1 Å². The van der Waals surface area contributed by atoms with E-state index in [1.54, 1.807) is 12.1 Å². The number of nitrogens with one attached hydrogen (secondary N) is 2. The first-order valence-electron chi connectivity index (χ1n) is 8.04. The number of amides is 1. The van der Waals surface area contributed by atoms with Gasteiger partial charge in [-0.05, 0) is 37.6 Å². The number of halogens is 1. The van der Waals surface area contributed by atoms with E-state index in [9.17, 15) is 17.6 Å². The number of carbonyl (C=O) groups is 1. The number of sulfonamides is 1. The van der Waals surface area contributed by atoms with Crippen LogP contribution in [0.1, 0.15) is 30.6 Å². The zero-order chi connectivity index (χ0) is 19.3. The molecule has 0 aliphatic heterocycles. The van der Waals surface area contributed by atoms with Crippen molar-refractivity contribution in [1.29, 1.82) is 0 Å². The Kier molecular flexibility index (Phi) is 6.20. The highest BCUT2D eigenvalue weighted by molar-refractivity contribution is 7.92. The third-order valence-corrected chi connectivity index (χ3v) is 5.20. The molecular formula is C18H21FN2O4S. The monoisotopic (exact) mass is 380 g/mol. The number of hydrogen-bond donors (Lipinski definition) is 2. The SMILES string of the molecule is CC[C@@H](C)NC(=O)c1ccccc1NS(=O)(=O)c1ccc(F)c(OC)c1. The summed E-state index contributed by atoms with van der Waals surface area (Å²) in [6.07, 6.45) is 0.745. The Bertz CT molecular complexity index is 900. The summed E-state index contributed by atoms with van der Waals surface area (Å²) >= 11 is 0. The van der Waals surface area contributed by atoms with Crippen molar-refractivity contribution in [3.63, 3.8) is 0 Å². The Balaban J connectivity index is 2.34. The van der Waals surface area contributed by atoms with Gasteiger partial charge in [0.15, 0.2) is 11.6 Å². The van der Waals surface area contributed by atoms with E-state index >= 15 is 0 Å². The molecule has 0 radical (unpaired) electrons. The zero-order valence-corrected chi connectivity index (χ0v) is 15.6. The van der Waals surface area contributed by atoms with Gasteiger partial charge in [-0.3, -0.25) is 9.52 Å². The van der Waals surface area contributed by atoms with E-state index in [2.05, 4.69) is 10.0 Å². The van der Waals surface area contributed by atoms with Crippen LogP contribution in [0.15, 0.2) is 47.4 Å². The van der Waals surface area contributed by atoms with E-state index in [-0.39, 0.29) is 33.8 Å². The Morgan fingerprint density at radius 1 is 1.23 bits per heavy atom. The van der Waals surface area contributed by atoms with Gasteiger partial charge in [0.05, 0.1) is 23.3 Å². The third kappa shape index (κ3) is 4.51. The summed E-state index contributed by atoms with van der Waals surface area (Å²) in [5, 5.41) is 2.79. The second-order valence-electron chi connectivity index (χ2n) is 5.73. The van der Waals surface area contributed by atoms with Crippen molar-refractivity contribution in [3.05, 3.63) is 53.8 Å². The first-order chi connectivity index (χ1) is 12.3. The quantitative estimate of drug-likeness (QED) is 0.773. The average Bonchev–Trinajstić information content (AvgIpc) is 2.61. The van der Waals surface area contributed by atoms with E-state index in [0.717, 1.165) is 24.6 Å². The highest BCUT2D eigenvalue weighted by Crippen LogP contribution is 2.24. The molecule has 2 rings (SSSR count). The number of hydrogen-bond acceptors (Lipinski definition) is 4. The lowest BCUT2D eigenvalue weighted by molar-refractivity contribution is 0.0940. The van der Waals surface area contributed by atoms with Crippen LogP contribution in [0.25, 0.3) is 0 Å². The standard InChI is InChI=1S/C18H21FN2O4S/c1-4-12(2)20-18(22)14-7-5-6-8-16(14)21-26(23,24)13-9-10-15(19)17(11-13)25-3/h5-12,21H,4H2,1-3H3,(H,20,22)/t12-/m1/s1. The average molecular weight is 380 g/mol. The predicted octanol–water partition coefficient (Wildman–Crippen LogP) is 3.16. The van der Waals surface area contributed by atoms with Crippen LogP contribution < -0.4 is 14.8 Å². The van der Waals surface area contributed by atoms with Crippen molar-refractivity contribution < 1.29 is 22.3 Å². The number of methoxy groups -OCH3 is 1. The molecule has 140 valence electrons. The van der Waals surface area contributed by atoms with Gasteiger partial charge in [-0.25, -0.2) is 12.8 Å². The van der Waals surface area contributed by atoms with Crippen molar-refractivity contribution in [1.82, 2.24) is 5.32 Å².